The molecule has 0 bridgehead atoms. The molecule has 4 amide bonds. The third kappa shape index (κ3) is 6.61. The number of rotatable bonds is 7. The second kappa shape index (κ2) is 14.5. The molecule has 2 fully saturated rings. The third-order valence-electron chi connectivity index (χ3n) is 10.8. The molecule has 286 valence electrons. The highest BCUT2D eigenvalue weighted by Gasteiger charge is 2.45. The Bertz CT molecular complexity index is 2600. The number of pyridine rings is 1. The zero-order valence-electron chi connectivity index (χ0n) is 31.3. The molecule has 3 aromatic heterocycles. The zero-order chi connectivity index (χ0) is 39.5. The molecule has 5 aromatic rings. The Labute approximate surface area is 337 Å². The molecule has 2 atom stereocenters. The fourth-order valence-corrected chi connectivity index (χ4v) is 9.26. The lowest BCUT2D eigenvalue weighted by Crippen LogP contribution is -2.54. The van der Waals surface area contributed by atoms with Gasteiger partial charge in [-0.3, -0.25) is 43.9 Å². The van der Waals surface area contributed by atoms with Gasteiger partial charge in [-0.1, -0.05) is 35.9 Å². The lowest BCUT2D eigenvalue weighted by atomic mass is 9.98. The van der Waals surface area contributed by atoms with Gasteiger partial charge in [0, 0.05) is 66.6 Å². The van der Waals surface area contributed by atoms with E-state index in [1.807, 2.05) is 50.4 Å². The quantitative estimate of drug-likeness (QED) is 0.166. The van der Waals surface area contributed by atoms with Gasteiger partial charge in [0.1, 0.15) is 28.6 Å². The number of aromatic nitrogens is 4. The first-order valence-corrected chi connectivity index (χ1v) is 19.9. The van der Waals surface area contributed by atoms with E-state index in [2.05, 4.69) is 60.1 Å². The number of aliphatic imine (C=N–C) groups is 1. The minimum atomic E-state index is -0.998. The molecule has 2 aromatic carbocycles. The molecule has 15 heteroatoms. The first-order chi connectivity index (χ1) is 27.5. The van der Waals surface area contributed by atoms with Crippen LogP contribution in [0.15, 0.2) is 65.8 Å². The van der Waals surface area contributed by atoms with Gasteiger partial charge >= 0.3 is 0 Å². The number of piperidine rings is 1. The van der Waals surface area contributed by atoms with Gasteiger partial charge in [-0.2, -0.15) is 0 Å². The number of imide groups is 2. The van der Waals surface area contributed by atoms with Gasteiger partial charge < -0.3 is 5.32 Å². The largest absolute Gasteiger partial charge is 0.384 e. The number of carbonyl (C=O) groups is 4. The SMILES string of the molecule is Cc1c(C#Cc2ccc(CN3CC(CNc4cccc5c4C(=O)N(C4CCC(=O)NC4=O)C5=O)C3)cn2)sc2c1C(c1ccc(Cl)cc1)=N[C@@H](C)c1nnc(C)n1-2. The second-order valence-corrected chi connectivity index (χ2v) is 16.2. The summed E-state index contributed by atoms with van der Waals surface area (Å²) >= 11 is 7.83. The Morgan fingerprint density at radius 1 is 0.965 bits per heavy atom. The number of fused-ring (bicyclic) bond motifs is 4. The normalized spacial score (nSPS) is 19.2. The highest BCUT2D eigenvalue weighted by Crippen LogP contribution is 2.39. The van der Waals surface area contributed by atoms with Crippen molar-refractivity contribution in [3.63, 3.8) is 0 Å². The number of hydrogen-bond donors (Lipinski definition) is 2. The van der Waals surface area contributed by atoms with Gasteiger partial charge in [-0.25, -0.2) is 4.98 Å². The maximum absolute atomic E-state index is 13.4. The van der Waals surface area contributed by atoms with Crippen LogP contribution in [-0.4, -0.2) is 84.6 Å². The summed E-state index contributed by atoms with van der Waals surface area (Å²) < 4.78 is 2.09. The highest BCUT2D eigenvalue weighted by molar-refractivity contribution is 7.15. The maximum atomic E-state index is 13.4. The predicted octanol–water partition coefficient (Wildman–Crippen LogP) is 5.25. The van der Waals surface area contributed by atoms with Crippen molar-refractivity contribution in [3.8, 4) is 16.8 Å². The van der Waals surface area contributed by atoms with E-state index in [4.69, 9.17) is 16.6 Å². The maximum Gasteiger partial charge on any atom is 0.264 e. The van der Waals surface area contributed by atoms with E-state index >= 15 is 0 Å². The number of aryl methyl sites for hydroxylation is 1. The summed E-state index contributed by atoms with van der Waals surface area (Å²) in [6, 6.07) is 15.7. The molecule has 2 saturated heterocycles. The van der Waals surface area contributed by atoms with Crippen LogP contribution >= 0.6 is 22.9 Å². The minimum absolute atomic E-state index is 0.0779. The number of nitrogens with one attached hydrogen (secondary N) is 2. The minimum Gasteiger partial charge on any atom is -0.384 e. The van der Waals surface area contributed by atoms with Crippen molar-refractivity contribution in [2.45, 2.75) is 52.2 Å². The Balaban J connectivity index is 0.839. The molecule has 57 heavy (non-hydrogen) atoms. The molecule has 7 heterocycles. The van der Waals surface area contributed by atoms with Crippen LogP contribution < -0.4 is 10.6 Å². The Morgan fingerprint density at radius 2 is 1.77 bits per heavy atom. The van der Waals surface area contributed by atoms with Gasteiger partial charge in [-0.15, -0.1) is 21.5 Å². The summed E-state index contributed by atoms with van der Waals surface area (Å²) in [5.41, 5.74) is 6.75. The van der Waals surface area contributed by atoms with Gasteiger partial charge in [0.2, 0.25) is 11.8 Å². The smallest absolute Gasteiger partial charge is 0.264 e. The zero-order valence-corrected chi connectivity index (χ0v) is 32.9. The number of benzene rings is 2. The number of anilines is 1. The van der Waals surface area contributed by atoms with E-state index in [-0.39, 0.29) is 30.0 Å². The molecule has 0 saturated carbocycles. The first kappa shape index (κ1) is 36.6. The lowest BCUT2D eigenvalue weighted by molar-refractivity contribution is -0.136. The van der Waals surface area contributed by atoms with Crippen LogP contribution in [0.25, 0.3) is 5.00 Å². The van der Waals surface area contributed by atoms with Gasteiger partial charge in [0.05, 0.1) is 21.7 Å². The third-order valence-corrected chi connectivity index (χ3v) is 12.3. The van der Waals surface area contributed by atoms with Crippen molar-refractivity contribution in [3.05, 3.63) is 121 Å². The number of halogens is 1. The van der Waals surface area contributed by atoms with E-state index in [1.165, 1.54) is 0 Å². The van der Waals surface area contributed by atoms with Crippen LogP contribution in [0, 0.1) is 31.6 Å². The molecule has 13 nitrogen and oxygen atoms in total. The van der Waals surface area contributed by atoms with Crippen molar-refractivity contribution in [2.24, 2.45) is 10.9 Å². The summed E-state index contributed by atoms with van der Waals surface area (Å²) in [7, 11) is 0. The first-order valence-electron chi connectivity index (χ1n) is 18.7. The van der Waals surface area contributed by atoms with E-state index in [1.54, 1.807) is 29.5 Å². The van der Waals surface area contributed by atoms with Crippen LogP contribution in [-0.2, 0) is 16.1 Å². The topological polar surface area (TPSA) is 155 Å². The fourth-order valence-electron chi connectivity index (χ4n) is 7.92. The summed E-state index contributed by atoms with van der Waals surface area (Å²) in [4.78, 5) is 64.8. The fraction of sp³-hybridized carbons (Fsp3) is 0.286. The average molecular weight is 798 g/mol. The Morgan fingerprint density at radius 3 is 2.53 bits per heavy atom. The average Bonchev–Trinajstić information content (AvgIpc) is 3.78. The van der Waals surface area contributed by atoms with E-state index in [0.29, 0.717) is 28.9 Å². The van der Waals surface area contributed by atoms with Crippen LogP contribution in [0.4, 0.5) is 5.69 Å². The number of carbonyl (C=O) groups excluding carboxylic acids is 4. The van der Waals surface area contributed by atoms with Crippen molar-refractivity contribution in [2.75, 3.05) is 25.0 Å². The van der Waals surface area contributed by atoms with Crippen molar-refractivity contribution < 1.29 is 19.2 Å². The Hall–Kier alpha value is -6.01. The highest BCUT2D eigenvalue weighted by atomic mass is 35.5. The summed E-state index contributed by atoms with van der Waals surface area (Å²) in [5, 5.41) is 16.1. The van der Waals surface area contributed by atoms with Crippen LogP contribution in [0.5, 0.6) is 0 Å². The monoisotopic (exact) mass is 797 g/mol. The predicted molar refractivity (Wildman–Crippen MR) is 215 cm³/mol. The van der Waals surface area contributed by atoms with Crippen LogP contribution in [0.1, 0.15) is 91.0 Å². The molecule has 1 unspecified atom stereocenters. The van der Waals surface area contributed by atoms with E-state index < -0.39 is 29.7 Å². The number of likely N-dealkylation sites (tertiary alicyclic amines) is 1. The van der Waals surface area contributed by atoms with E-state index in [9.17, 15) is 19.2 Å². The van der Waals surface area contributed by atoms with Gasteiger partial charge in [-0.05, 0) is 80.5 Å². The molecule has 0 radical (unpaired) electrons. The molecule has 4 aliphatic heterocycles. The molecule has 2 N–H and O–H groups in total. The van der Waals surface area contributed by atoms with Gasteiger partial charge in [0.25, 0.3) is 11.8 Å². The van der Waals surface area contributed by atoms with E-state index in [0.717, 1.165) is 74.0 Å². The van der Waals surface area contributed by atoms with Crippen LogP contribution in [0.2, 0.25) is 5.02 Å². The van der Waals surface area contributed by atoms with Crippen LogP contribution in [0.3, 0.4) is 0 Å². The lowest BCUT2D eigenvalue weighted by Gasteiger charge is -2.39. The number of nitrogens with zero attached hydrogens (tertiary/aromatic N) is 7. The summed E-state index contributed by atoms with van der Waals surface area (Å²) in [6.07, 6.45) is 2.07. The number of amides is 4. The molecular formula is C42H36ClN9O4S. The van der Waals surface area contributed by atoms with Gasteiger partial charge in [0.15, 0.2) is 5.82 Å². The molecular weight excluding hydrogens is 762 g/mol. The molecule has 9 rings (SSSR count). The molecule has 4 aliphatic rings. The number of thiophene rings is 1. The van der Waals surface area contributed by atoms with Crippen molar-refractivity contribution in [1.82, 2.24) is 34.9 Å². The number of hydrogen-bond acceptors (Lipinski definition) is 11. The standard InChI is InChI=1S/C42H36ClN9O4S/c1-22-33(57-42-35(22)37(27-8-10-28(43)11-9-27)46-23(2)38-49-48-24(3)51(38)42)15-13-29-12-7-25(17-44-29)19-50-20-26(21-50)18-45-31-6-4-5-30-36(31)41(56)52(40(30)55)32-14-16-34(53)47-39(32)54/h4-12,17,23,26,32,45H,14,16,18-21H2,1-3H3,(H,47,53,54)/t23-,32?/m0/s1. The summed E-state index contributed by atoms with van der Waals surface area (Å²) in [5.74, 6) is 6.53. The molecule has 0 aliphatic carbocycles. The molecule has 0 spiro atoms. The Kier molecular flexibility index (Phi) is 9.31. The summed E-state index contributed by atoms with van der Waals surface area (Å²) in [6.45, 7) is 9.14. The van der Waals surface area contributed by atoms with Crippen molar-refractivity contribution in [1.29, 1.82) is 0 Å². The van der Waals surface area contributed by atoms with Crippen molar-refractivity contribution >= 4 is 58.0 Å². The second-order valence-electron chi connectivity index (χ2n) is 14.8.